The zero-order chi connectivity index (χ0) is 17.5. The van der Waals surface area contributed by atoms with Gasteiger partial charge >= 0.3 is 0 Å². The Morgan fingerprint density at radius 3 is 1.96 bits per heavy atom. The summed E-state index contributed by atoms with van der Waals surface area (Å²) < 4.78 is 17.8. The summed E-state index contributed by atoms with van der Waals surface area (Å²) in [5.41, 5.74) is 0. The summed E-state index contributed by atoms with van der Waals surface area (Å²) in [7, 11) is 0. The summed E-state index contributed by atoms with van der Waals surface area (Å²) in [6.45, 7) is 16.2. The number of hydrogen-bond acceptors (Lipinski definition) is 6. The van der Waals surface area contributed by atoms with Gasteiger partial charge in [0, 0.05) is 39.3 Å². The number of nitrogens with one attached hydrogen (secondary N) is 1. The van der Waals surface area contributed by atoms with Gasteiger partial charge in [0.25, 0.3) is 0 Å². The van der Waals surface area contributed by atoms with Gasteiger partial charge in [0.2, 0.25) is 0 Å². The molecule has 0 amide bonds. The minimum Gasteiger partial charge on any atom is -0.378 e. The van der Waals surface area contributed by atoms with Crippen LogP contribution >= 0.6 is 22.6 Å². The molecule has 0 aliphatic carbocycles. The van der Waals surface area contributed by atoms with E-state index in [1.54, 1.807) is 0 Å². The minimum absolute atomic E-state index is 0.645. The molecule has 0 atom stereocenters. The molecule has 1 fully saturated rings. The lowest BCUT2D eigenvalue weighted by Crippen LogP contribution is -2.46. The van der Waals surface area contributed by atoms with Crippen LogP contribution in [0, 0.1) is 5.92 Å². The SMILES string of the molecule is CC(C)CNCCOCCOCCOCCN1CCN(CI)CC1. The van der Waals surface area contributed by atoms with E-state index in [4.69, 9.17) is 14.2 Å². The van der Waals surface area contributed by atoms with Gasteiger partial charge in [-0.2, -0.15) is 0 Å². The van der Waals surface area contributed by atoms with Gasteiger partial charge < -0.3 is 19.5 Å². The summed E-state index contributed by atoms with van der Waals surface area (Å²) in [5.74, 6) is 0.689. The minimum atomic E-state index is 0.645. The Kier molecular flexibility index (Phi) is 14.8. The third-order valence-corrected chi connectivity index (χ3v) is 4.87. The Labute approximate surface area is 161 Å². The van der Waals surface area contributed by atoms with Crippen LogP contribution in [0.4, 0.5) is 0 Å². The lowest BCUT2D eigenvalue weighted by atomic mass is 10.2. The van der Waals surface area contributed by atoms with E-state index < -0.39 is 0 Å². The lowest BCUT2D eigenvalue weighted by Gasteiger charge is -2.33. The molecule has 6 nitrogen and oxygen atoms in total. The third-order valence-electron chi connectivity index (χ3n) is 3.91. The van der Waals surface area contributed by atoms with E-state index in [0.717, 1.165) is 50.5 Å². The topological polar surface area (TPSA) is 46.2 Å². The molecule has 144 valence electrons. The summed E-state index contributed by atoms with van der Waals surface area (Å²) in [6.07, 6.45) is 0. The average Bonchev–Trinajstić information content (AvgIpc) is 2.59. The summed E-state index contributed by atoms with van der Waals surface area (Å²) in [4.78, 5) is 4.96. The molecule has 0 aromatic rings. The fourth-order valence-corrected chi connectivity index (χ4v) is 3.09. The molecule has 0 radical (unpaired) electrons. The molecule has 1 aliphatic heterocycles. The number of alkyl halides is 1. The van der Waals surface area contributed by atoms with Gasteiger partial charge in [-0.25, -0.2) is 0 Å². The number of rotatable bonds is 15. The van der Waals surface area contributed by atoms with Gasteiger partial charge in [-0.3, -0.25) is 9.80 Å². The first kappa shape index (κ1) is 22.5. The summed E-state index contributed by atoms with van der Waals surface area (Å²) in [5, 5.41) is 3.35. The molecule has 1 saturated heterocycles. The van der Waals surface area contributed by atoms with Crippen molar-refractivity contribution in [2.75, 3.05) is 90.0 Å². The molecular formula is C17H36IN3O3. The fraction of sp³-hybridized carbons (Fsp3) is 1.00. The molecule has 1 N–H and O–H groups in total. The molecule has 1 heterocycles. The molecule has 1 rings (SSSR count). The smallest absolute Gasteiger partial charge is 0.0701 e. The molecule has 0 spiro atoms. The lowest BCUT2D eigenvalue weighted by molar-refractivity contribution is 0.00887. The first-order valence-corrected chi connectivity index (χ1v) is 10.7. The first-order chi connectivity index (χ1) is 11.7. The van der Waals surface area contributed by atoms with Gasteiger partial charge in [-0.05, 0) is 12.5 Å². The highest BCUT2D eigenvalue weighted by molar-refractivity contribution is 14.1. The Bertz CT molecular complexity index is 278. The van der Waals surface area contributed by atoms with Crippen molar-refractivity contribution >= 4 is 22.6 Å². The molecule has 0 saturated carbocycles. The molecule has 7 heteroatoms. The van der Waals surface area contributed by atoms with Crippen molar-refractivity contribution in [2.45, 2.75) is 13.8 Å². The van der Waals surface area contributed by atoms with Crippen LogP contribution in [0.25, 0.3) is 0 Å². The second-order valence-corrected chi connectivity index (χ2v) is 7.20. The van der Waals surface area contributed by atoms with Gasteiger partial charge in [-0.15, -0.1) is 0 Å². The highest BCUT2D eigenvalue weighted by atomic mass is 127. The van der Waals surface area contributed by atoms with Crippen molar-refractivity contribution in [2.24, 2.45) is 5.92 Å². The van der Waals surface area contributed by atoms with Crippen LogP contribution in [-0.4, -0.2) is 99.8 Å². The van der Waals surface area contributed by atoms with Crippen molar-refractivity contribution in [3.8, 4) is 0 Å². The predicted octanol–water partition coefficient (Wildman–Crippen LogP) is 1.29. The summed E-state index contributed by atoms with van der Waals surface area (Å²) in [6, 6.07) is 0. The van der Waals surface area contributed by atoms with Crippen LogP contribution in [0.3, 0.4) is 0 Å². The summed E-state index contributed by atoms with van der Waals surface area (Å²) >= 11 is 2.43. The number of nitrogens with zero attached hydrogens (tertiary/aromatic N) is 2. The van der Waals surface area contributed by atoms with E-state index in [0.29, 0.717) is 32.3 Å². The maximum atomic E-state index is 5.64. The Balaban J connectivity index is 1.74. The van der Waals surface area contributed by atoms with Crippen molar-refractivity contribution in [3.05, 3.63) is 0 Å². The molecule has 0 unspecified atom stereocenters. The second-order valence-electron chi connectivity index (χ2n) is 6.51. The van der Waals surface area contributed by atoms with Gasteiger partial charge in [0.05, 0.1) is 44.2 Å². The van der Waals surface area contributed by atoms with E-state index in [9.17, 15) is 0 Å². The van der Waals surface area contributed by atoms with E-state index in [-0.39, 0.29) is 0 Å². The quantitative estimate of drug-likeness (QED) is 0.173. The van der Waals surface area contributed by atoms with Crippen LogP contribution in [-0.2, 0) is 14.2 Å². The van der Waals surface area contributed by atoms with Gasteiger partial charge in [0.1, 0.15) is 0 Å². The van der Waals surface area contributed by atoms with Crippen LogP contribution in [0.15, 0.2) is 0 Å². The van der Waals surface area contributed by atoms with Crippen molar-refractivity contribution < 1.29 is 14.2 Å². The van der Waals surface area contributed by atoms with E-state index in [2.05, 4.69) is 51.6 Å². The second kappa shape index (κ2) is 15.7. The van der Waals surface area contributed by atoms with Gasteiger partial charge in [0.15, 0.2) is 0 Å². The monoisotopic (exact) mass is 457 g/mol. The van der Waals surface area contributed by atoms with Crippen LogP contribution in [0.2, 0.25) is 0 Å². The van der Waals surface area contributed by atoms with Crippen LogP contribution < -0.4 is 5.32 Å². The van der Waals surface area contributed by atoms with Crippen molar-refractivity contribution in [3.63, 3.8) is 0 Å². The Morgan fingerprint density at radius 2 is 1.38 bits per heavy atom. The van der Waals surface area contributed by atoms with Crippen molar-refractivity contribution in [1.29, 1.82) is 0 Å². The zero-order valence-electron chi connectivity index (χ0n) is 15.5. The standard InChI is InChI=1S/C17H36IN3O3/c1-17(2)15-19-3-9-22-11-13-24-14-12-23-10-8-20-4-6-21(16-18)7-5-20/h17,19H,3-16H2,1-2H3. The molecule has 24 heavy (non-hydrogen) atoms. The number of ether oxygens (including phenoxy) is 3. The first-order valence-electron chi connectivity index (χ1n) is 9.17. The highest BCUT2D eigenvalue weighted by Gasteiger charge is 2.14. The van der Waals surface area contributed by atoms with E-state index in [1.165, 1.54) is 13.1 Å². The largest absolute Gasteiger partial charge is 0.378 e. The molecule has 0 aromatic carbocycles. The van der Waals surface area contributed by atoms with Crippen LogP contribution in [0.1, 0.15) is 13.8 Å². The molecule has 1 aliphatic rings. The zero-order valence-corrected chi connectivity index (χ0v) is 17.6. The molecule has 0 aromatic heterocycles. The Morgan fingerprint density at radius 1 is 0.833 bits per heavy atom. The van der Waals surface area contributed by atoms with Gasteiger partial charge in [-0.1, -0.05) is 36.4 Å². The molecule has 0 bridgehead atoms. The normalized spacial score (nSPS) is 17.0. The molecular weight excluding hydrogens is 421 g/mol. The van der Waals surface area contributed by atoms with Crippen molar-refractivity contribution in [1.82, 2.24) is 15.1 Å². The maximum absolute atomic E-state index is 5.64. The number of halogens is 1. The van der Waals surface area contributed by atoms with Crippen LogP contribution in [0.5, 0.6) is 0 Å². The fourth-order valence-electron chi connectivity index (χ4n) is 2.40. The average molecular weight is 457 g/mol. The Hall–Kier alpha value is 0.490. The van der Waals surface area contributed by atoms with E-state index in [1.807, 2.05) is 0 Å². The third kappa shape index (κ3) is 12.8. The number of piperazine rings is 1. The number of hydrogen-bond donors (Lipinski definition) is 1. The van der Waals surface area contributed by atoms with E-state index >= 15 is 0 Å². The maximum Gasteiger partial charge on any atom is 0.0701 e. The highest BCUT2D eigenvalue weighted by Crippen LogP contribution is 2.03. The predicted molar refractivity (Wildman–Crippen MR) is 107 cm³/mol.